The quantitative estimate of drug-likeness (QED) is 0.0126. The Hall–Kier alpha value is -3.04. The fourth-order valence-corrected chi connectivity index (χ4v) is 7.38. The number of hydrogen-bond acceptors (Lipinski definition) is 13. The molecule has 68 heavy (non-hydrogen) atoms. The second-order valence-electron chi connectivity index (χ2n) is 16.2. The van der Waals surface area contributed by atoms with E-state index in [1.807, 2.05) is 36.5 Å². The van der Waals surface area contributed by atoms with E-state index in [1.54, 1.807) is 0 Å². The topological polar surface area (TPSA) is 225 Å². The Balaban J connectivity index is 3.94. The minimum Gasteiger partial charge on any atom is -0.463 e. The summed E-state index contributed by atoms with van der Waals surface area (Å²) in [6.07, 6.45) is 49.6. The summed E-state index contributed by atoms with van der Waals surface area (Å²) in [5.41, 5.74) is 0. The van der Waals surface area contributed by atoms with Gasteiger partial charge in [0.15, 0.2) is 0 Å². The lowest BCUT2D eigenvalue weighted by Gasteiger charge is -2.19. The van der Waals surface area contributed by atoms with Crippen LogP contribution < -0.4 is 0 Å². The highest BCUT2D eigenvalue weighted by molar-refractivity contribution is 7.47. The largest absolute Gasteiger partial charge is 0.472 e. The number of aliphatic hydroxyl groups excluding tert-OH is 3. The molecule has 0 radical (unpaired) electrons. The van der Waals surface area contributed by atoms with Crippen LogP contribution in [0.1, 0.15) is 155 Å². The van der Waals surface area contributed by atoms with E-state index in [2.05, 4.69) is 92.7 Å². The molecule has 0 fully saturated rings. The predicted octanol–water partition coefficient (Wildman–Crippen LogP) is 11.5. The molecule has 0 saturated carbocycles. The number of carbonyl (C=O) groups is 2. The maximum Gasteiger partial charge on any atom is 0.472 e. The monoisotopic (exact) mass is 1000 g/mol. The van der Waals surface area contributed by atoms with Gasteiger partial charge >= 0.3 is 27.6 Å². The van der Waals surface area contributed by atoms with Gasteiger partial charge in [0.25, 0.3) is 0 Å². The number of phosphoric ester groups is 2. The van der Waals surface area contributed by atoms with E-state index in [0.29, 0.717) is 12.8 Å². The van der Waals surface area contributed by atoms with Gasteiger partial charge in [-0.15, -0.1) is 0 Å². The fraction of sp³-hybridized carbons (Fsp3) is 0.647. The third-order valence-electron chi connectivity index (χ3n) is 9.62. The molecule has 0 rings (SSSR count). The second-order valence-corrected chi connectivity index (χ2v) is 19.1. The number of phosphoric acid groups is 2. The van der Waals surface area contributed by atoms with Gasteiger partial charge in [0.1, 0.15) is 31.5 Å². The number of allylic oxidation sites excluding steroid dienone is 16. The summed E-state index contributed by atoms with van der Waals surface area (Å²) in [4.78, 5) is 43.8. The van der Waals surface area contributed by atoms with E-state index in [9.17, 15) is 43.8 Å². The number of unbranched alkanes of at least 4 members (excludes halogenated alkanes) is 13. The zero-order chi connectivity index (χ0) is 50.2. The van der Waals surface area contributed by atoms with Gasteiger partial charge in [-0.3, -0.25) is 27.7 Å². The van der Waals surface area contributed by atoms with Gasteiger partial charge in [-0.25, -0.2) is 9.13 Å². The van der Waals surface area contributed by atoms with Crippen LogP contribution in [0.2, 0.25) is 0 Å². The molecule has 390 valence electrons. The fourth-order valence-electron chi connectivity index (χ4n) is 5.79. The van der Waals surface area contributed by atoms with Crippen molar-refractivity contribution in [3.63, 3.8) is 0 Å². The molecule has 0 aromatic heterocycles. The summed E-state index contributed by atoms with van der Waals surface area (Å²) >= 11 is 0. The van der Waals surface area contributed by atoms with Crippen LogP contribution in [0.25, 0.3) is 0 Å². The molecule has 0 amide bonds. The van der Waals surface area contributed by atoms with Crippen molar-refractivity contribution in [1.29, 1.82) is 0 Å². The third kappa shape index (κ3) is 48.0. The molecule has 17 heteroatoms. The van der Waals surface area contributed by atoms with Gasteiger partial charge < -0.3 is 34.6 Å². The Morgan fingerprint density at radius 1 is 0.412 bits per heavy atom. The maximum atomic E-state index is 12.2. The molecule has 5 unspecified atom stereocenters. The number of esters is 2. The standard InChI is InChI=1S/C51H86O15P2/c1-3-5-7-9-11-13-15-17-19-20-21-22-23-24-26-28-30-32-34-36-38-40-51(56)62-42-48(53)44-64-68(59,60)66-46-49(54)45-65-67(57,58)63-43-47(52)41-61-50(55)39-37-35-33-31-29-27-25-18-16-14-12-10-8-6-4-2/h6,8,10-14,16-19,21-22,24-26,47-49,52-54H,3-5,7,9,15,20,23,27-46H2,1-2H3,(H,57,58)(H,59,60)/b8-6+,12-10+,13-11-,16-14+,19-17-,22-21-,25-18-,26-24-. The Morgan fingerprint density at radius 3 is 1.15 bits per heavy atom. The first-order chi connectivity index (χ1) is 32.8. The van der Waals surface area contributed by atoms with Crippen LogP contribution in [-0.2, 0) is 46.3 Å². The molecule has 15 nitrogen and oxygen atoms in total. The molecule has 5 N–H and O–H groups in total. The molecule has 5 atom stereocenters. The van der Waals surface area contributed by atoms with Gasteiger partial charge in [-0.1, -0.05) is 162 Å². The van der Waals surface area contributed by atoms with E-state index < -0.39 is 85.5 Å². The zero-order valence-electron chi connectivity index (χ0n) is 41.0. The summed E-state index contributed by atoms with van der Waals surface area (Å²) in [6.45, 7) is 0.177. The number of rotatable bonds is 46. The summed E-state index contributed by atoms with van der Waals surface area (Å²) in [7, 11) is -9.60. The van der Waals surface area contributed by atoms with Crippen molar-refractivity contribution in [3.05, 3.63) is 97.2 Å². The van der Waals surface area contributed by atoms with E-state index in [4.69, 9.17) is 9.47 Å². The summed E-state index contributed by atoms with van der Waals surface area (Å²) < 4.78 is 53.0. The van der Waals surface area contributed by atoms with Crippen molar-refractivity contribution in [3.8, 4) is 0 Å². The summed E-state index contributed by atoms with van der Waals surface area (Å²) in [6, 6.07) is 0. The minimum absolute atomic E-state index is 0.165. The number of ether oxygens (including phenoxy) is 2. The predicted molar refractivity (Wildman–Crippen MR) is 269 cm³/mol. The van der Waals surface area contributed by atoms with E-state index >= 15 is 0 Å². The van der Waals surface area contributed by atoms with E-state index in [0.717, 1.165) is 89.9 Å². The normalized spacial score (nSPS) is 15.8. The highest BCUT2D eigenvalue weighted by atomic mass is 31.2. The lowest BCUT2D eigenvalue weighted by molar-refractivity contribution is -0.148. The molecule has 0 heterocycles. The lowest BCUT2D eigenvalue weighted by atomic mass is 10.1. The van der Waals surface area contributed by atoms with Crippen LogP contribution in [0.4, 0.5) is 0 Å². The second kappa shape index (κ2) is 46.3. The number of aliphatic hydroxyl groups is 3. The summed E-state index contributed by atoms with van der Waals surface area (Å²) in [5, 5.41) is 30.0. The Kier molecular flexibility index (Phi) is 44.3. The van der Waals surface area contributed by atoms with Crippen LogP contribution >= 0.6 is 15.6 Å². The summed E-state index contributed by atoms with van der Waals surface area (Å²) in [5.74, 6) is -1.04. The van der Waals surface area contributed by atoms with Gasteiger partial charge in [0.2, 0.25) is 0 Å². The van der Waals surface area contributed by atoms with Crippen molar-refractivity contribution in [1.82, 2.24) is 0 Å². The molecule has 0 spiro atoms. The Bertz CT molecular complexity index is 1590. The number of carbonyl (C=O) groups excluding carboxylic acids is 2. The first kappa shape index (κ1) is 65.0. The third-order valence-corrected chi connectivity index (χ3v) is 11.5. The van der Waals surface area contributed by atoms with E-state index in [1.165, 1.54) is 25.7 Å². The molecular weight excluding hydrogens is 914 g/mol. The molecule has 0 aromatic carbocycles. The van der Waals surface area contributed by atoms with Gasteiger partial charge in [0.05, 0.1) is 26.4 Å². The zero-order valence-corrected chi connectivity index (χ0v) is 42.8. The van der Waals surface area contributed by atoms with E-state index in [-0.39, 0.29) is 12.8 Å². The Morgan fingerprint density at radius 2 is 0.735 bits per heavy atom. The molecule has 0 aromatic rings. The van der Waals surface area contributed by atoms with Crippen molar-refractivity contribution in [2.75, 3.05) is 39.6 Å². The van der Waals surface area contributed by atoms with Crippen molar-refractivity contribution >= 4 is 27.6 Å². The van der Waals surface area contributed by atoms with Crippen molar-refractivity contribution < 1.29 is 71.4 Å². The first-order valence-electron chi connectivity index (χ1n) is 24.6. The average Bonchev–Trinajstić information content (AvgIpc) is 3.31. The molecule has 0 bridgehead atoms. The lowest BCUT2D eigenvalue weighted by Crippen LogP contribution is -2.25. The molecule has 0 aliphatic heterocycles. The van der Waals surface area contributed by atoms with Gasteiger partial charge in [0, 0.05) is 12.8 Å². The Labute approximate surface area is 408 Å². The SMILES string of the molecule is CC/C=C/C=C/C=C/C=C\CCCCCCCC(=O)OCC(O)COP(=O)(O)OCC(O)COP(=O)(O)OCC(O)COC(=O)CCCCCCC/C=C\C/C=C\C/C=C\C/C=C\CCCCC. The van der Waals surface area contributed by atoms with Crippen LogP contribution in [0.5, 0.6) is 0 Å². The number of hydrogen-bond donors (Lipinski definition) is 5. The van der Waals surface area contributed by atoms with Crippen LogP contribution in [0.15, 0.2) is 97.2 Å². The van der Waals surface area contributed by atoms with Crippen LogP contribution in [0, 0.1) is 0 Å². The minimum atomic E-state index is -4.80. The van der Waals surface area contributed by atoms with Gasteiger partial charge in [-0.05, 0) is 77.0 Å². The molecule has 0 aliphatic carbocycles. The van der Waals surface area contributed by atoms with Crippen molar-refractivity contribution in [2.45, 2.75) is 173 Å². The molecule has 0 aliphatic rings. The van der Waals surface area contributed by atoms with Crippen LogP contribution in [-0.4, -0.2) is 95.0 Å². The van der Waals surface area contributed by atoms with Crippen molar-refractivity contribution in [2.24, 2.45) is 0 Å². The highest BCUT2D eigenvalue weighted by Crippen LogP contribution is 2.45. The maximum absolute atomic E-state index is 12.2. The first-order valence-corrected chi connectivity index (χ1v) is 27.6. The average molecular weight is 1000 g/mol. The highest BCUT2D eigenvalue weighted by Gasteiger charge is 2.28. The molecular formula is C51H86O15P2. The van der Waals surface area contributed by atoms with Gasteiger partial charge in [-0.2, -0.15) is 0 Å². The smallest absolute Gasteiger partial charge is 0.463 e. The van der Waals surface area contributed by atoms with Crippen LogP contribution in [0.3, 0.4) is 0 Å². The molecule has 0 saturated heterocycles.